The highest BCUT2D eigenvalue weighted by molar-refractivity contribution is 5.89. The van der Waals surface area contributed by atoms with Crippen molar-refractivity contribution in [3.8, 4) is 0 Å². The lowest BCUT2D eigenvalue weighted by Crippen LogP contribution is -2.54. The monoisotopic (exact) mass is 322 g/mol. The molecular weight excluding hydrogens is 303 g/mol. The zero-order valence-corrected chi connectivity index (χ0v) is 12.6. The van der Waals surface area contributed by atoms with Crippen LogP contribution >= 0.6 is 0 Å². The van der Waals surface area contributed by atoms with Gasteiger partial charge in [-0.3, -0.25) is 14.4 Å². The Bertz CT molecular complexity index is 608. The summed E-state index contributed by atoms with van der Waals surface area (Å²) in [5.74, 6) is -1.31. The Labute approximate surface area is 133 Å². The topological polar surface area (TPSA) is 95.7 Å². The van der Waals surface area contributed by atoms with E-state index in [-0.39, 0.29) is 37.3 Å². The summed E-state index contributed by atoms with van der Waals surface area (Å²) in [7, 11) is 0. The highest BCUT2D eigenvalue weighted by Gasteiger charge is 2.27. The number of hydrogen-bond acceptors (Lipinski definition) is 4. The minimum absolute atomic E-state index is 0.0490. The zero-order chi connectivity index (χ0) is 16.8. The highest BCUT2D eigenvalue weighted by Crippen LogP contribution is 2.11. The molecule has 0 spiro atoms. The predicted octanol–water partition coefficient (Wildman–Crippen LogP) is -0.929. The van der Waals surface area contributed by atoms with Crippen molar-refractivity contribution in [2.75, 3.05) is 32.7 Å². The molecule has 0 aliphatic carbocycles. The van der Waals surface area contributed by atoms with Gasteiger partial charge in [-0.05, 0) is 17.7 Å². The number of nitrogens with two attached hydrogens (primary N) is 1. The Morgan fingerprint density at radius 1 is 1.30 bits per heavy atom. The number of halogens is 1. The van der Waals surface area contributed by atoms with Gasteiger partial charge in [0.15, 0.2) is 0 Å². The third-order valence-electron chi connectivity index (χ3n) is 3.56. The minimum atomic E-state index is -0.422. The first-order valence-corrected chi connectivity index (χ1v) is 7.26. The van der Waals surface area contributed by atoms with Gasteiger partial charge in [0, 0.05) is 19.6 Å². The molecule has 1 aromatic carbocycles. The molecule has 0 unspecified atom stereocenters. The molecule has 0 bridgehead atoms. The average molecular weight is 322 g/mol. The summed E-state index contributed by atoms with van der Waals surface area (Å²) in [6.45, 7) is 0.639. The summed E-state index contributed by atoms with van der Waals surface area (Å²) < 4.78 is 13.2. The van der Waals surface area contributed by atoms with Gasteiger partial charge in [0.05, 0.1) is 19.6 Å². The molecule has 3 N–H and O–H groups in total. The fourth-order valence-corrected chi connectivity index (χ4v) is 2.30. The summed E-state index contributed by atoms with van der Waals surface area (Å²) in [6, 6.07) is 6.07. The molecule has 7 nitrogen and oxygen atoms in total. The average Bonchev–Trinajstić information content (AvgIpc) is 2.54. The molecule has 0 atom stereocenters. The molecule has 23 heavy (non-hydrogen) atoms. The number of hydrogen-bond donors (Lipinski definition) is 2. The second-order valence-electron chi connectivity index (χ2n) is 5.24. The maximum absolute atomic E-state index is 13.2. The van der Waals surface area contributed by atoms with E-state index in [1.165, 1.54) is 17.0 Å². The summed E-state index contributed by atoms with van der Waals surface area (Å²) in [6.07, 6.45) is 0. The quantitative estimate of drug-likeness (QED) is 0.732. The molecule has 124 valence electrons. The molecule has 1 fully saturated rings. The van der Waals surface area contributed by atoms with Crippen LogP contribution in [0.5, 0.6) is 0 Å². The number of amides is 3. The number of rotatable bonds is 5. The molecule has 1 heterocycles. The lowest BCUT2D eigenvalue weighted by Gasteiger charge is -2.34. The Morgan fingerprint density at radius 2 is 2.09 bits per heavy atom. The summed E-state index contributed by atoms with van der Waals surface area (Å²) in [5.41, 5.74) is 5.84. The van der Waals surface area contributed by atoms with E-state index in [1.807, 2.05) is 0 Å². The van der Waals surface area contributed by atoms with E-state index in [9.17, 15) is 18.8 Å². The first kappa shape index (κ1) is 16.9. The lowest BCUT2D eigenvalue weighted by atomic mass is 10.2. The number of nitrogens with one attached hydrogen (secondary N) is 1. The molecule has 2 rings (SSSR count). The van der Waals surface area contributed by atoms with Crippen LogP contribution < -0.4 is 11.1 Å². The van der Waals surface area contributed by atoms with Gasteiger partial charge in [-0.1, -0.05) is 12.1 Å². The van der Waals surface area contributed by atoms with Gasteiger partial charge in [-0.15, -0.1) is 0 Å². The number of benzene rings is 1. The number of piperazine rings is 1. The van der Waals surface area contributed by atoms with E-state index in [1.54, 1.807) is 17.0 Å². The molecule has 0 aromatic heterocycles. The Morgan fingerprint density at radius 3 is 2.74 bits per heavy atom. The molecule has 1 aliphatic rings. The number of carbonyl (C=O) groups excluding carboxylic acids is 3. The predicted molar refractivity (Wildman–Crippen MR) is 80.5 cm³/mol. The van der Waals surface area contributed by atoms with Gasteiger partial charge in [-0.25, -0.2) is 4.39 Å². The van der Waals surface area contributed by atoms with Crippen molar-refractivity contribution in [1.29, 1.82) is 0 Å². The van der Waals surface area contributed by atoms with Crippen molar-refractivity contribution < 1.29 is 18.8 Å². The van der Waals surface area contributed by atoms with E-state index < -0.39 is 5.91 Å². The van der Waals surface area contributed by atoms with Crippen LogP contribution in [0.2, 0.25) is 0 Å². The molecule has 0 radical (unpaired) electrons. The van der Waals surface area contributed by atoms with Crippen molar-refractivity contribution >= 4 is 17.7 Å². The van der Waals surface area contributed by atoms with E-state index in [0.29, 0.717) is 25.2 Å². The fraction of sp³-hybridized carbons (Fsp3) is 0.400. The van der Waals surface area contributed by atoms with Crippen molar-refractivity contribution in [2.24, 2.45) is 5.73 Å². The maximum atomic E-state index is 13.2. The van der Waals surface area contributed by atoms with Crippen molar-refractivity contribution in [3.63, 3.8) is 0 Å². The molecule has 1 aromatic rings. The van der Waals surface area contributed by atoms with Crippen LogP contribution in [0.25, 0.3) is 0 Å². The van der Waals surface area contributed by atoms with Crippen molar-refractivity contribution in [2.45, 2.75) is 6.54 Å². The summed E-state index contributed by atoms with van der Waals surface area (Å²) in [4.78, 5) is 38.1. The van der Waals surface area contributed by atoms with Crippen LogP contribution in [0.3, 0.4) is 0 Å². The molecule has 3 amide bonds. The van der Waals surface area contributed by atoms with Gasteiger partial charge in [-0.2, -0.15) is 0 Å². The first-order chi connectivity index (χ1) is 11.0. The van der Waals surface area contributed by atoms with Crippen molar-refractivity contribution in [3.05, 3.63) is 35.6 Å². The Hall–Kier alpha value is -2.48. The fourth-order valence-electron chi connectivity index (χ4n) is 2.30. The van der Waals surface area contributed by atoms with Crippen molar-refractivity contribution in [1.82, 2.24) is 15.1 Å². The van der Waals surface area contributed by atoms with Crippen LogP contribution in [0, 0.1) is 5.82 Å². The first-order valence-electron chi connectivity index (χ1n) is 7.26. The van der Waals surface area contributed by atoms with Gasteiger partial charge >= 0.3 is 0 Å². The third-order valence-corrected chi connectivity index (χ3v) is 3.56. The zero-order valence-electron chi connectivity index (χ0n) is 12.6. The van der Waals surface area contributed by atoms with Gasteiger partial charge < -0.3 is 20.9 Å². The largest absolute Gasteiger partial charge is 0.346 e. The van der Waals surface area contributed by atoms with Crippen LogP contribution in [0.4, 0.5) is 4.39 Å². The third kappa shape index (κ3) is 4.75. The van der Waals surface area contributed by atoms with Crippen LogP contribution in [-0.2, 0) is 20.9 Å². The summed E-state index contributed by atoms with van der Waals surface area (Å²) >= 11 is 0. The molecule has 0 saturated carbocycles. The van der Waals surface area contributed by atoms with Crippen LogP contribution in [0.1, 0.15) is 5.56 Å². The number of carbonyl (C=O) groups is 3. The minimum Gasteiger partial charge on any atom is -0.346 e. The Balaban J connectivity index is 1.86. The van der Waals surface area contributed by atoms with E-state index in [4.69, 9.17) is 5.73 Å². The van der Waals surface area contributed by atoms with E-state index in [0.717, 1.165) is 0 Å². The maximum Gasteiger partial charge on any atom is 0.242 e. The van der Waals surface area contributed by atoms with E-state index >= 15 is 0 Å². The smallest absolute Gasteiger partial charge is 0.242 e. The highest BCUT2D eigenvalue weighted by atomic mass is 19.1. The molecule has 8 heteroatoms. The summed E-state index contributed by atoms with van der Waals surface area (Å²) in [5, 5.41) is 2.38. The lowest BCUT2D eigenvalue weighted by molar-refractivity contribution is -0.145. The van der Waals surface area contributed by atoms with Gasteiger partial charge in [0.25, 0.3) is 0 Å². The van der Waals surface area contributed by atoms with Gasteiger partial charge in [0.2, 0.25) is 17.7 Å². The Kier molecular flexibility index (Phi) is 5.64. The molecule has 1 saturated heterocycles. The van der Waals surface area contributed by atoms with Crippen LogP contribution in [0.15, 0.2) is 24.3 Å². The second-order valence-corrected chi connectivity index (χ2v) is 5.24. The molecule has 1 aliphatic heterocycles. The SMILES string of the molecule is NCC(=O)NCC(=O)N1CCN(Cc2cccc(F)c2)C(=O)C1. The number of nitrogens with zero attached hydrogens (tertiary/aromatic N) is 2. The van der Waals surface area contributed by atoms with Crippen LogP contribution in [-0.4, -0.2) is 60.2 Å². The standard InChI is InChI=1S/C15H19FN4O3/c16-12-3-1-2-11(6-12)9-19-4-5-20(10-15(19)23)14(22)8-18-13(21)7-17/h1-3,6H,4-5,7-10,17H2,(H,18,21). The van der Waals surface area contributed by atoms with E-state index in [2.05, 4.69) is 5.32 Å². The second kappa shape index (κ2) is 7.68. The molecular formula is C15H19FN4O3. The van der Waals surface area contributed by atoms with Gasteiger partial charge in [0.1, 0.15) is 5.82 Å². The normalized spacial score (nSPS) is 14.8.